The number of hydrogen-bond donors (Lipinski definition) is 0. The van der Waals surface area contributed by atoms with Crippen molar-refractivity contribution in [3.8, 4) is 0 Å². The van der Waals surface area contributed by atoms with Crippen LogP contribution in [0.4, 0.5) is 0 Å². The second-order valence-corrected chi connectivity index (χ2v) is 0.653. The minimum absolute atomic E-state index is 0.389. The second kappa shape index (κ2) is 2.25. The average molecular weight is 89.1 g/mol. The molecule has 0 heterocycles. The molecule has 0 aliphatic rings. The summed E-state index contributed by atoms with van der Waals surface area (Å²) < 4.78 is 0. The molecule has 0 rings (SSSR count). The Hall–Kier alpha value is -1.00. The molecular formula is CH3N3O2. The van der Waals surface area contributed by atoms with Gasteiger partial charge < -0.3 is 0 Å². The summed E-state index contributed by atoms with van der Waals surface area (Å²) in [6.07, 6.45) is 0. The standard InChI is InChI=1S/CH3N3O2/c1-4(2-5)3-6/h1H3. The largest absolute Gasteiger partial charge is 0.123 e. The van der Waals surface area contributed by atoms with Crippen molar-refractivity contribution in [1.82, 2.24) is 5.12 Å². The molecule has 0 atom stereocenters. The summed E-state index contributed by atoms with van der Waals surface area (Å²) in [5, 5.41) is 4.61. The van der Waals surface area contributed by atoms with Crippen LogP contribution in [0.25, 0.3) is 0 Å². The van der Waals surface area contributed by atoms with E-state index in [2.05, 4.69) is 10.6 Å². The van der Waals surface area contributed by atoms with Gasteiger partial charge >= 0.3 is 0 Å². The van der Waals surface area contributed by atoms with Gasteiger partial charge in [0, 0.05) is 0 Å². The van der Waals surface area contributed by atoms with Crippen molar-refractivity contribution < 1.29 is 0 Å². The van der Waals surface area contributed by atoms with Crippen LogP contribution >= 0.6 is 0 Å². The van der Waals surface area contributed by atoms with Gasteiger partial charge in [0.25, 0.3) is 0 Å². The predicted molar refractivity (Wildman–Crippen MR) is 19.4 cm³/mol. The molecule has 0 saturated carbocycles. The molecule has 0 bridgehead atoms. The first kappa shape index (κ1) is 5.00. The van der Waals surface area contributed by atoms with Crippen LogP contribution in [0.3, 0.4) is 0 Å². The molecule has 0 aromatic rings. The summed E-state index contributed by atoms with van der Waals surface area (Å²) in [7, 11) is 1.15. The van der Waals surface area contributed by atoms with Gasteiger partial charge in [0.15, 0.2) is 0 Å². The fourth-order valence-electron chi connectivity index (χ4n) is 0.0149. The van der Waals surface area contributed by atoms with E-state index in [0.717, 1.165) is 7.05 Å². The molecule has 6 heavy (non-hydrogen) atoms. The quantitative estimate of drug-likeness (QED) is 0.360. The van der Waals surface area contributed by atoms with E-state index < -0.39 is 0 Å². The van der Waals surface area contributed by atoms with Crippen LogP contribution in [0.2, 0.25) is 0 Å². The van der Waals surface area contributed by atoms with Crippen LogP contribution in [0.15, 0.2) is 10.6 Å². The van der Waals surface area contributed by atoms with E-state index in [9.17, 15) is 0 Å². The summed E-state index contributed by atoms with van der Waals surface area (Å²) in [4.78, 5) is 18.2. The van der Waals surface area contributed by atoms with Gasteiger partial charge in [0.1, 0.15) is 0 Å². The fourth-order valence-corrected chi connectivity index (χ4v) is 0.0149. The third-order valence-corrected chi connectivity index (χ3v) is 0.236. The van der Waals surface area contributed by atoms with Crippen molar-refractivity contribution in [3.63, 3.8) is 0 Å². The van der Waals surface area contributed by atoms with Gasteiger partial charge in [-0.3, -0.25) is 0 Å². The minimum Gasteiger partial charge on any atom is -0.123 e. The first-order valence-electron chi connectivity index (χ1n) is 1.21. The number of nitroso groups, excluding NO2 is 2. The molecule has 5 nitrogen and oxygen atoms in total. The molecule has 0 fully saturated rings. The number of rotatable bonds is 2. The van der Waals surface area contributed by atoms with Crippen molar-refractivity contribution in [1.29, 1.82) is 0 Å². The van der Waals surface area contributed by atoms with Gasteiger partial charge in [0.2, 0.25) is 0 Å². The van der Waals surface area contributed by atoms with Gasteiger partial charge in [-0.2, -0.15) is 0 Å². The van der Waals surface area contributed by atoms with Crippen molar-refractivity contribution in [2.24, 2.45) is 10.6 Å². The summed E-state index contributed by atoms with van der Waals surface area (Å²) in [6.45, 7) is 0. The predicted octanol–water partition coefficient (Wildman–Crippen LogP) is 0.281. The van der Waals surface area contributed by atoms with Gasteiger partial charge in [-0.1, -0.05) is 0 Å². The van der Waals surface area contributed by atoms with E-state index in [1.165, 1.54) is 0 Å². The molecule has 0 saturated heterocycles. The number of hydrogen-bond acceptors (Lipinski definition) is 4. The Kier molecular flexibility index (Phi) is 1.88. The fraction of sp³-hybridized carbons (Fsp3) is 1.00. The summed E-state index contributed by atoms with van der Waals surface area (Å²) >= 11 is 0. The third kappa shape index (κ3) is 1.33. The van der Waals surface area contributed by atoms with Gasteiger partial charge in [0.05, 0.1) is 17.6 Å². The van der Waals surface area contributed by atoms with Crippen LogP contribution in [-0.4, -0.2) is 12.2 Å². The van der Waals surface area contributed by atoms with Gasteiger partial charge in [-0.05, 0) is 0 Å². The smallest absolute Gasteiger partial charge is 0.0774 e. The Bertz CT molecular complexity index is 53.8. The zero-order valence-corrected chi connectivity index (χ0v) is 3.16. The Morgan fingerprint density at radius 2 is 1.67 bits per heavy atom. The van der Waals surface area contributed by atoms with E-state index >= 15 is 0 Å². The molecule has 0 aromatic carbocycles. The Morgan fingerprint density at radius 3 is 1.67 bits per heavy atom. The normalized spacial score (nSPS) is 6.83. The molecule has 0 N–H and O–H groups in total. The van der Waals surface area contributed by atoms with Crippen LogP contribution in [-0.2, 0) is 0 Å². The lowest BCUT2D eigenvalue weighted by atomic mass is 11.4. The second-order valence-electron chi connectivity index (χ2n) is 0.653. The van der Waals surface area contributed by atoms with Crippen LogP contribution in [0.1, 0.15) is 0 Å². The Balaban J connectivity index is 3.21. The lowest BCUT2D eigenvalue weighted by Crippen LogP contribution is -1.95. The zero-order valence-electron chi connectivity index (χ0n) is 3.16. The topological polar surface area (TPSA) is 62.1 Å². The van der Waals surface area contributed by atoms with Crippen molar-refractivity contribution in [3.05, 3.63) is 9.81 Å². The van der Waals surface area contributed by atoms with E-state index in [1.807, 2.05) is 0 Å². The molecule has 34 valence electrons. The van der Waals surface area contributed by atoms with Crippen LogP contribution in [0, 0.1) is 9.81 Å². The summed E-state index contributed by atoms with van der Waals surface area (Å²) in [5.41, 5.74) is 0. The maximum Gasteiger partial charge on any atom is 0.0774 e. The first-order chi connectivity index (χ1) is 2.81. The van der Waals surface area contributed by atoms with E-state index in [4.69, 9.17) is 9.81 Å². The van der Waals surface area contributed by atoms with Gasteiger partial charge in [-0.15, -0.1) is 14.9 Å². The maximum absolute atomic E-state index is 9.12. The van der Waals surface area contributed by atoms with Crippen molar-refractivity contribution in [2.45, 2.75) is 0 Å². The highest BCUT2D eigenvalue weighted by Crippen LogP contribution is 1.76. The molecule has 0 spiro atoms. The van der Waals surface area contributed by atoms with Crippen LogP contribution in [0.5, 0.6) is 0 Å². The average Bonchev–Trinajstić information content (AvgIpc) is 1.65. The highest BCUT2D eigenvalue weighted by atomic mass is 16.4. The van der Waals surface area contributed by atoms with Gasteiger partial charge in [-0.25, -0.2) is 0 Å². The number of nitrogens with zero attached hydrogens (tertiary/aromatic N) is 3. The molecule has 0 aliphatic carbocycles. The molecule has 0 amide bonds. The zero-order chi connectivity index (χ0) is 4.99. The van der Waals surface area contributed by atoms with Crippen molar-refractivity contribution in [2.75, 3.05) is 7.05 Å². The highest BCUT2D eigenvalue weighted by molar-refractivity contribution is 4.21. The first-order valence-corrected chi connectivity index (χ1v) is 1.21. The highest BCUT2D eigenvalue weighted by Gasteiger charge is 1.81. The third-order valence-electron chi connectivity index (χ3n) is 0.236. The SMILES string of the molecule is CN(N=O)N=O. The molecule has 0 unspecified atom stereocenters. The summed E-state index contributed by atoms with van der Waals surface area (Å²) in [5.74, 6) is 0. The van der Waals surface area contributed by atoms with Crippen molar-refractivity contribution >= 4 is 0 Å². The van der Waals surface area contributed by atoms with E-state index in [1.54, 1.807) is 0 Å². The Morgan fingerprint density at radius 1 is 1.33 bits per heavy atom. The summed E-state index contributed by atoms with van der Waals surface area (Å²) in [6, 6.07) is 0. The van der Waals surface area contributed by atoms with E-state index in [0.29, 0.717) is 5.12 Å². The van der Waals surface area contributed by atoms with Crippen LogP contribution < -0.4 is 0 Å². The molecule has 0 aromatic heterocycles. The maximum atomic E-state index is 9.12. The molecule has 0 radical (unpaired) electrons. The monoisotopic (exact) mass is 89.0 g/mol. The molecular weight excluding hydrogens is 86.0 g/mol. The lowest BCUT2D eigenvalue weighted by molar-refractivity contribution is 0.366. The van der Waals surface area contributed by atoms with E-state index in [-0.39, 0.29) is 0 Å². The lowest BCUT2D eigenvalue weighted by Gasteiger charge is -1.85. The molecule has 5 heteroatoms. The molecule has 0 aliphatic heterocycles. The Labute approximate surface area is 33.8 Å². The minimum atomic E-state index is 0.389.